The van der Waals surface area contributed by atoms with Gasteiger partial charge in [0, 0.05) is 16.5 Å². The van der Waals surface area contributed by atoms with Gasteiger partial charge in [-0.2, -0.15) is 0 Å². The Morgan fingerprint density at radius 2 is 2.00 bits per heavy atom. The highest BCUT2D eigenvalue weighted by Crippen LogP contribution is 2.27. The molecule has 0 radical (unpaired) electrons. The van der Waals surface area contributed by atoms with Crippen molar-refractivity contribution < 1.29 is 9.21 Å². The first-order valence-electron chi connectivity index (χ1n) is 7.84. The molecule has 0 fully saturated rings. The minimum Gasteiger partial charge on any atom is -0.464 e. The number of aromatic nitrogens is 2. The maximum absolute atomic E-state index is 12.3. The number of carbonyl (C=O) groups excluding carboxylic acids is 1. The summed E-state index contributed by atoms with van der Waals surface area (Å²) in [7, 11) is 0. The molecule has 2 aromatic carbocycles. The summed E-state index contributed by atoms with van der Waals surface area (Å²) in [6.07, 6.45) is 1.87. The minimum atomic E-state index is -0.140. The molecule has 2 heterocycles. The zero-order valence-corrected chi connectivity index (χ0v) is 14.3. The second kappa shape index (κ2) is 6.49. The number of hydrogen-bond donors (Lipinski definition) is 1. The van der Waals surface area contributed by atoms with Crippen molar-refractivity contribution in [2.75, 3.05) is 5.32 Å². The topological polar surface area (TPSA) is 68.0 Å². The van der Waals surface area contributed by atoms with Crippen LogP contribution in [0.1, 0.15) is 11.1 Å². The average Bonchev–Trinajstić information content (AvgIpc) is 3.23. The summed E-state index contributed by atoms with van der Waals surface area (Å²) in [5.74, 6) is -0.140. The van der Waals surface area contributed by atoms with Gasteiger partial charge in [-0.05, 0) is 18.6 Å². The van der Waals surface area contributed by atoms with E-state index in [1.807, 2.05) is 55.5 Å². The Kier molecular flexibility index (Phi) is 4.03. The van der Waals surface area contributed by atoms with E-state index in [4.69, 9.17) is 4.42 Å². The van der Waals surface area contributed by atoms with Crippen LogP contribution < -0.4 is 5.32 Å². The van der Waals surface area contributed by atoms with Gasteiger partial charge in [0.1, 0.15) is 10.6 Å². The van der Waals surface area contributed by atoms with Gasteiger partial charge in [-0.3, -0.25) is 4.79 Å². The number of fused-ring (bicyclic) bond motifs is 1. The lowest BCUT2D eigenvalue weighted by molar-refractivity contribution is -0.115. The summed E-state index contributed by atoms with van der Waals surface area (Å²) < 4.78 is 5.54. The Bertz CT molecular complexity index is 1040. The molecule has 0 bridgehead atoms. The molecule has 0 aliphatic rings. The number of nitrogens with zero attached hydrogens (tertiary/aromatic N) is 2. The maximum atomic E-state index is 12.3. The molecular formula is C19H15N3O2S. The molecule has 4 aromatic rings. The molecule has 0 saturated heterocycles. The largest absolute Gasteiger partial charge is 0.464 e. The molecule has 0 spiro atoms. The predicted molar refractivity (Wildman–Crippen MR) is 98.6 cm³/mol. The Labute approximate surface area is 148 Å². The Balaban J connectivity index is 1.48. The molecular weight excluding hydrogens is 334 g/mol. The van der Waals surface area contributed by atoms with Gasteiger partial charge in [-0.25, -0.2) is 0 Å². The van der Waals surface area contributed by atoms with Crippen LogP contribution in [0.3, 0.4) is 0 Å². The number of anilines is 1. The van der Waals surface area contributed by atoms with E-state index in [0.717, 1.165) is 32.7 Å². The standard InChI is InChI=1S/C19H15N3O2S/c1-12-7-8-15-14(11-24-16(15)9-12)10-17(23)20-19-22-21-18(25-19)13-5-3-2-4-6-13/h2-9,11H,10H2,1H3,(H,20,22,23). The minimum absolute atomic E-state index is 0.140. The van der Waals surface area contributed by atoms with Gasteiger partial charge in [-0.15, -0.1) is 10.2 Å². The smallest absolute Gasteiger partial charge is 0.230 e. The van der Waals surface area contributed by atoms with Crippen LogP contribution in [0.25, 0.3) is 21.5 Å². The van der Waals surface area contributed by atoms with Gasteiger partial charge in [0.05, 0.1) is 12.7 Å². The number of hydrogen-bond acceptors (Lipinski definition) is 5. The van der Waals surface area contributed by atoms with E-state index in [1.165, 1.54) is 11.3 Å². The highest BCUT2D eigenvalue weighted by atomic mass is 32.1. The molecule has 6 heteroatoms. The van der Waals surface area contributed by atoms with Crippen LogP contribution in [0.5, 0.6) is 0 Å². The first-order valence-corrected chi connectivity index (χ1v) is 8.66. The van der Waals surface area contributed by atoms with Crippen molar-refractivity contribution in [3.05, 3.63) is 65.9 Å². The van der Waals surface area contributed by atoms with Crippen molar-refractivity contribution >= 4 is 33.3 Å². The van der Waals surface area contributed by atoms with Crippen LogP contribution in [0.15, 0.2) is 59.2 Å². The first kappa shape index (κ1) is 15.5. The highest BCUT2D eigenvalue weighted by Gasteiger charge is 2.13. The van der Waals surface area contributed by atoms with Crippen LogP contribution in [0.4, 0.5) is 5.13 Å². The van der Waals surface area contributed by atoms with Gasteiger partial charge in [0.2, 0.25) is 11.0 Å². The molecule has 0 atom stereocenters. The lowest BCUT2D eigenvalue weighted by Crippen LogP contribution is -2.13. The van der Waals surface area contributed by atoms with Crippen molar-refractivity contribution in [1.29, 1.82) is 0 Å². The summed E-state index contributed by atoms with van der Waals surface area (Å²) in [6.45, 7) is 2.01. The molecule has 2 aromatic heterocycles. The number of nitrogens with one attached hydrogen (secondary N) is 1. The number of rotatable bonds is 4. The van der Waals surface area contributed by atoms with Crippen molar-refractivity contribution in [2.24, 2.45) is 0 Å². The summed E-state index contributed by atoms with van der Waals surface area (Å²) >= 11 is 1.35. The average molecular weight is 349 g/mol. The Hall–Kier alpha value is -2.99. The van der Waals surface area contributed by atoms with E-state index in [-0.39, 0.29) is 12.3 Å². The second-order valence-corrected chi connectivity index (χ2v) is 6.74. The summed E-state index contributed by atoms with van der Waals surface area (Å²) in [4.78, 5) is 12.3. The molecule has 5 nitrogen and oxygen atoms in total. The summed E-state index contributed by atoms with van der Waals surface area (Å²) in [5.41, 5.74) is 3.77. The third kappa shape index (κ3) is 3.29. The number of aryl methyl sites for hydroxylation is 1. The van der Waals surface area contributed by atoms with E-state index in [9.17, 15) is 4.79 Å². The van der Waals surface area contributed by atoms with Crippen LogP contribution in [-0.4, -0.2) is 16.1 Å². The highest BCUT2D eigenvalue weighted by molar-refractivity contribution is 7.18. The van der Waals surface area contributed by atoms with Gasteiger partial charge in [0.25, 0.3) is 0 Å². The Morgan fingerprint density at radius 1 is 1.16 bits per heavy atom. The molecule has 1 amide bonds. The molecule has 0 saturated carbocycles. The van der Waals surface area contributed by atoms with E-state index in [1.54, 1.807) is 6.26 Å². The second-order valence-electron chi connectivity index (χ2n) is 5.76. The zero-order valence-electron chi connectivity index (χ0n) is 13.5. The van der Waals surface area contributed by atoms with Gasteiger partial charge in [-0.1, -0.05) is 53.8 Å². The van der Waals surface area contributed by atoms with E-state index in [2.05, 4.69) is 15.5 Å². The SMILES string of the molecule is Cc1ccc2c(CC(=O)Nc3nnc(-c4ccccc4)s3)coc2c1. The van der Waals surface area contributed by atoms with Crippen molar-refractivity contribution in [3.8, 4) is 10.6 Å². The lowest BCUT2D eigenvalue weighted by Gasteiger charge is -2.00. The number of benzene rings is 2. The fraction of sp³-hybridized carbons (Fsp3) is 0.105. The molecule has 0 aliphatic carbocycles. The third-order valence-electron chi connectivity index (χ3n) is 3.85. The summed E-state index contributed by atoms with van der Waals surface area (Å²) in [6, 6.07) is 15.7. The molecule has 0 aliphatic heterocycles. The number of carbonyl (C=O) groups is 1. The van der Waals surface area contributed by atoms with E-state index in [0.29, 0.717) is 5.13 Å². The van der Waals surface area contributed by atoms with Crippen molar-refractivity contribution in [3.63, 3.8) is 0 Å². The monoisotopic (exact) mass is 349 g/mol. The van der Waals surface area contributed by atoms with Crippen LogP contribution in [0.2, 0.25) is 0 Å². The lowest BCUT2D eigenvalue weighted by atomic mass is 10.1. The van der Waals surface area contributed by atoms with Gasteiger partial charge >= 0.3 is 0 Å². The van der Waals surface area contributed by atoms with E-state index < -0.39 is 0 Å². The fourth-order valence-electron chi connectivity index (χ4n) is 2.63. The number of amides is 1. The van der Waals surface area contributed by atoms with Crippen LogP contribution in [0, 0.1) is 6.92 Å². The summed E-state index contributed by atoms with van der Waals surface area (Å²) in [5, 5.41) is 13.2. The van der Waals surface area contributed by atoms with Crippen LogP contribution >= 0.6 is 11.3 Å². The fourth-order valence-corrected chi connectivity index (χ4v) is 3.40. The predicted octanol–water partition coefficient (Wildman–Crippen LogP) is 4.44. The van der Waals surface area contributed by atoms with Crippen LogP contribution in [-0.2, 0) is 11.2 Å². The third-order valence-corrected chi connectivity index (χ3v) is 4.74. The van der Waals surface area contributed by atoms with Crippen molar-refractivity contribution in [2.45, 2.75) is 13.3 Å². The van der Waals surface area contributed by atoms with E-state index >= 15 is 0 Å². The molecule has 1 N–H and O–H groups in total. The number of furan rings is 1. The quantitative estimate of drug-likeness (QED) is 0.591. The maximum Gasteiger partial charge on any atom is 0.230 e. The molecule has 25 heavy (non-hydrogen) atoms. The molecule has 124 valence electrons. The van der Waals surface area contributed by atoms with Gasteiger partial charge in [0.15, 0.2) is 0 Å². The molecule has 0 unspecified atom stereocenters. The van der Waals surface area contributed by atoms with Crippen molar-refractivity contribution in [1.82, 2.24) is 10.2 Å². The normalized spacial score (nSPS) is 10.9. The Morgan fingerprint density at radius 3 is 2.84 bits per heavy atom. The van der Waals surface area contributed by atoms with Gasteiger partial charge < -0.3 is 9.73 Å². The molecule has 4 rings (SSSR count). The first-order chi connectivity index (χ1) is 12.2. The zero-order chi connectivity index (χ0) is 17.2.